The Morgan fingerprint density at radius 3 is 2.54 bits per heavy atom. The van der Waals surface area contributed by atoms with Gasteiger partial charge >= 0.3 is 0 Å². The minimum absolute atomic E-state index is 0.410. The lowest BCUT2D eigenvalue weighted by atomic mass is 10.1. The Labute approximate surface area is 138 Å². The average molecular weight is 317 g/mol. The Kier molecular flexibility index (Phi) is 3.55. The molecule has 0 bridgehead atoms. The highest BCUT2D eigenvalue weighted by molar-refractivity contribution is 5.97. The number of fused-ring (bicyclic) bond motifs is 1. The van der Waals surface area contributed by atoms with Crippen LogP contribution in [0.15, 0.2) is 60.9 Å². The Hall–Kier alpha value is -3.41. The van der Waals surface area contributed by atoms with Crippen LogP contribution in [-0.4, -0.2) is 20.2 Å². The molecule has 24 heavy (non-hydrogen) atoms. The Morgan fingerprint density at radius 2 is 1.75 bits per heavy atom. The monoisotopic (exact) mass is 317 g/mol. The molecule has 118 valence electrons. The van der Waals surface area contributed by atoms with Crippen molar-refractivity contribution in [2.75, 3.05) is 5.73 Å². The zero-order valence-corrected chi connectivity index (χ0v) is 12.8. The number of ether oxygens (including phenoxy) is 1. The van der Waals surface area contributed by atoms with Gasteiger partial charge in [0.05, 0.1) is 11.1 Å². The second-order valence-corrected chi connectivity index (χ2v) is 5.35. The molecule has 0 radical (unpaired) electrons. The highest BCUT2D eigenvalue weighted by Crippen LogP contribution is 2.29. The van der Waals surface area contributed by atoms with Crippen molar-refractivity contribution < 1.29 is 4.74 Å². The van der Waals surface area contributed by atoms with Gasteiger partial charge in [-0.2, -0.15) is 5.10 Å². The van der Waals surface area contributed by atoms with E-state index < -0.39 is 0 Å². The number of nitrogens with zero attached hydrogens (tertiary/aromatic N) is 3. The van der Waals surface area contributed by atoms with E-state index in [2.05, 4.69) is 20.2 Å². The molecule has 2 heterocycles. The molecule has 0 aliphatic carbocycles. The van der Waals surface area contributed by atoms with E-state index in [9.17, 15) is 0 Å². The van der Waals surface area contributed by atoms with Gasteiger partial charge in [0.15, 0.2) is 5.65 Å². The largest absolute Gasteiger partial charge is 0.489 e. The number of hydrogen-bond acceptors (Lipinski definition) is 5. The highest BCUT2D eigenvalue weighted by Gasteiger charge is 2.12. The third kappa shape index (κ3) is 2.65. The maximum absolute atomic E-state index is 5.95. The Morgan fingerprint density at radius 1 is 0.958 bits per heavy atom. The van der Waals surface area contributed by atoms with Crippen LogP contribution in [0.2, 0.25) is 0 Å². The summed E-state index contributed by atoms with van der Waals surface area (Å²) in [7, 11) is 0. The third-order valence-corrected chi connectivity index (χ3v) is 3.77. The van der Waals surface area contributed by atoms with Gasteiger partial charge in [-0.1, -0.05) is 30.3 Å². The molecule has 0 saturated heterocycles. The van der Waals surface area contributed by atoms with Crippen LogP contribution in [0, 0.1) is 0 Å². The summed E-state index contributed by atoms with van der Waals surface area (Å²) >= 11 is 0. The first-order valence-corrected chi connectivity index (χ1v) is 7.53. The smallest absolute Gasteiger partial charge is 0.186 e. The number of nitrogen functional groups attached to an aromatic ring is 1. The number of aromatic nitrogens is 4. The minimum Gasteiger partial charge on any atom is -0.489 e. The topological polar surface area (TPSA) is 89.7 Å². The van der Waals surface area contributed by atoms with Gasteiger partial charge in [-0.15, -0.1) is 0 Å². The van der Waals surface area contributed by atoms with Crippen molar-refractivity contribution in [3.8, 4) is 17.0 Å². The van der Waals surface area contributed by atoms with Crippen LogP contribution in [0.1, 0.15) is 5.56 Å². The van der Waals surface area contributed by atoms with E-state index in [0.29, 0.717) is 18.1 Å². The molecule has 0 unspecified atom stereocenters. The number of anilines is 1. The van der Waals surface area contributed by atoms with Crippen LogP contribution >= 0.6 is 0 Å². The summed E-state index contributed by atoms with van der Waals surface area (Å²) in [4.78, 5) is 8.14. The number of rotatable bonds is 4. The summed E-state index contributed by atoms with van der Waals surface area (Å²) in [6.45, 7) is 0.536. The Balaban J connectivity index is 1.57. The van der Waals surface area contributed by atoms with E-state index in [1.54, 1.807) is 0 Å². The quantitative estimate of drug-likeness (QED) is 0.603. The second kappa shape index (κ2) is 6.00. The van der Waals surface area contributed by atoms with Crippen LogP contribution in [-0.2, 0) is 6.61 Å². The van der Waals surface area contributed by atoms with Gasteiger partial charge in [-0.25, -0.2) is 9.97 Å². The van der Waals surface area contributed by atoms with Gasteiger partial charge in [0, 0.05) is 5.56 Å². The van der Waals surface area contributed by atoms with E-state index in [1.807, 2.05) is 54.6 Å². The summed E-state index contributed by atoms with van der Waals surface area (Å²) in [6, 6.07) is 17.8. The second-order valence-electron chi connectivity index (χ2n) is 5.35. The zero-order valence-electron chi connectivity index (χ0n) is 12.8. The highest BCUT2D eigenvalue weighted by atomic mass is 16.5. The summed E-state index contributed by atoms with van der Waals surface area (Å²) in [5, 5.41) is 7.87. The number of H-pyrrole nitrogens is 1. The van der Waals surface area contributed by atoms with Crippen LogP contribution in [0.5, 0.6) is 5.75 Å². The van der Waals surface area contributed by atoms with Crippen molar-refractivity contribution >= 4 is 16.9 Å². The molecular formula is C18H15N5O. The predicted molar refractivity (Wildman–Crippen MR) is 92.3 cm³/mol. The van der Waals surface area contributed by atoms with Crippen LogP contribution in [0.25, 0.3) is 22.3 Å². The van der Waals surface area contributed by atoms with Gasteiger partial charge < -0.3 is 10.5 Å². The van der Waals surface area contributed by atoms with Gasteiger partial charge in [-0.05, 0) is 29.8 Å². The van der Waals surface area contributed by atoms with E-state index in [4.69, 9.17) is 10.5 Å². The lowest BCUT2D eigenvalue weighted by molar-refractivity contribution is 0.306. The van der Waals surface area contributed by atoms with E-state index in [0.717, 1.165) is 28.0 Å². The first-order chi connectivity index (χ1) is 11.8. The number of nitrogens with two attached hydrogens (primary N) is 1. The molecule has 0 saturated carbocycles. The maximum atomic E-state index is 5.95. The van der Waals surface area contributed by atoms with Gasteiger partial charge in [0.2, 0.25) is 0 Å². The molecule has 0 spiro atoms. The minimum atomic E-state index is 0.410. The van der Waals surface area contributed by atoms with Crippen LogP contribution in [0.3, 0.4) is 0 Å². The molecule has 6 nitrogen and oxygen atoms in total. The fraction of sp³-hybridized carbons (Fsp3) is 0.0556. The molecule has 2 aromatic carbocycles. The lowest BCUT2D eigenvalue weighted by Crippen LogP contribution is -1.95. The van der Waals surface area contributed by atoms with Crippen LogP contribution in [0.4, 0.5) is 5.82 Å². The average Bonchev–Trinajstić information content (AvgIpc) is 3.07. The molecular weight excluding hydrogens is 302 g/mol. The van der Waals surface area contributed by atoms with Crippen LogP contribution < -0.4 is 10.5 Å². The fourth-order valence-corrected chi connectivity index (χ4v) is 2.55. The molecule has 2 aromatic heterocycles. The summed E-state index contributed by atoms with van der Waals surface area (Å²) in [5.41, 5.74) is 9.39. The number of benzene rings is 2. The zero-order chi connectivity index (χ0) is 16.4. The van der Waals surface area contributed by atoms with Crippen molar-refractivity contribution in [2.24, 2.45) is 0 Å². The number of aromatic amines is 1. The van der Waals surface area contributed by atoms with Crippen molar-refractivity contribution in [1.29, 1.82) is 0 Å². The Bertz CT molecular complexity index is 964. The molecule has 6 heteroatoms. The van der Waals surface area contributed by atoms with Crippen molar-refractivity contribution in [2.45, 2.75) is 6.61 Å². The standard InChI is InChI=1S/C18H15N5O/c19-17-15-16(22-23-18(15)21-11-20-17)13-6-8-14(9-7-13)24-10-12-4-2-1-3-5-12/h1-9,11H,10H2,(H3,19,20,21,22,23). The van der Waals surface area contributed by atoms with Gasteiger partial charge in [0.25, 0.3) is 0 Å². The summed E-state index contributed by atoms with van der Waals surface area (Å²) in [6.07, 6.45) is 1.41. The lowest BCUT2D eigenvalue weighted by Gasteiger charge is -2.07. The van der Waals surface area contributed by atoms with E-state index in [1.165, 1.54) is 6.33 Å². The maximum Gasteiger partial charge on any atom is 0.186 e. The molecule has 0 atom stereocenters. The van der Waals surface area contributed by atoms with E-state index in [-0.39, 0.29) is 0 Å². The van der Waals surface area contributed by atoms with Crippen molar-refractivity contribution in [3.05, 3.63) is 66.5 Å². The number of hydrogen-bond donors (Lipinski definition) is 2. The molecule has 0 aliphatic rings. The van der Waals surface area contributed by atoms with Crippen molar-refractivity contribution in [1.82, 2.24) is 20.2 Å². The normalized spacial score (nSPS) is 10.8. The molecule has 4 aromatic rings. The molecule has 0 amide bonds. The van der Waals surface area contributed by atoms with Gasteiger partial charge in [0.1, 0.15) is 24.5 Å². The first-order valence-electron chi connectivity index (χ1n) is 7.53. The molecule has 0 aliphatic heterocycles. The first kappa shape index (κ1) is 14.2. The number of nitrogens with one attached hydrogen (secondary N) is 1. The van der Waals surface area contributed by atoms with Gasteiger partial charge in [-0.3, -0.25) is 5.10 Å². The third-order valence-electron chi connectivity index (χ3n) is 3.77. The van der Waals surface area contributed by atoms with Crippen molar-refractivity contribution in [3.63, 3.8) is 0 Å². The SMILES string of the molecule is Nc1ncnc2n[nH]c(-c3ccc(OCc4ccccc4)cc3)c12. The molecule has 4 rings (SSSR count). The van der Waals surface area contributed by atoms with E-state index >= 15 is 0 Å². The molecule has 0 fully saturated rings. The fourth-order valence-electron chi connectivity index (χ4n) is 2.55. The summed E-state index contributed by atoms with van der Waals surface area (Å²) < 4.78 is 5.80. The summed E-state index contributed by atoms with van der Waals surface area (Å²) in [5.74, 6) is 1.21. The molecule has 3 N–H and O–H groups in total. The predicted octanol–water partition coefficient (Wildman–Crippen LogP) is 3.18.